The highest BCUT2D eigenvalue weighted by Crippen LogP contribution is 2.32. The number of sulfonamides is 1. The number of rotatable bonds is 8. The Labute approximate surface area is 194 Å². The predicted molar refractivity (Wildman–Crippen MR) is 124 cm³/mol. The fraction of sp³-hybridized carbons (Fsp3) is 0.273. The van der Waals surface area contributed by atoms with Crippen LogP contribution in [0.1, 0.15) is 43.4 Å². The number of carbonyl (C=O) groups excluding carboxylic acids is 1. The smallest absolute Gasteiger partial charge is 0.237 e. The van der Waals surface area contributed by atoms with Crippen LogP contribution in [0, 0.1) is 17.1 Å². The summed E-state index contributed by atoms with van der Waals surface area (Å²) in [5, 5.41) is 13.1. The zero-order valence-corrected chi connectivity index (χ0v) is 19.2. The molecule has 4 rings (SSSR count). The Morgan fingerprint density at radius 3 is 2.76 bits per heavy atom. The third-order valence-electron chi connectivity index (χ3n) is 5.22. The molecular weight excluding hydrogens is 465 g/mol. The maximum atomic E-state index is 14.7. The summed E-state index contributed by atoms with van der Waals surface area (Å²) in [7, 11) is -3.44. The molecule has 8 nitrogen and oxygen atoms in total. The molecule has 3 aromatic rings. The van der Waals surface area contributed by atoms with Gasteiger partial charge in [0.15, 0.2) is 5.13 Å². The Kier molecular flexibility index (Phi) is 6.40. The highest BCUT2D eigenvalue weighted by molar-refractivity contribution is 7.93. The average Bonchev–Trinajstić information content (AvgIpc) is 3.58. The molecule has 0 radical (unpaired) electrons. The number of pyridine rings is 1. The molecule has 0 bridgehead atoms. The topological polar surface area (TPSA) is 125 Å². The fourth-order valence-corrected chi connectivity index (χ4v) is 5.64. The number of thiazole rings is 1. The van der Waals surface area contributed by atoms with Gasteiger partial charge in [0.25, 0.3) is 0 Å². The average molecular weight is 486 g/mol. The monoisotopic (exact) mass is 485 g/mol. The van der Waals surface area contributed by atoms with Crippen molar-refractivity contribution in [1.82, 2.24) is 9.97 Å². The van der Waals surface area contributed by atoms with Crippen LogP contribution in [0.4, 0.5) is 15.2 Å². The standard InChI is InChI=1S/C22H20FN5O3S2/c1-2-17(20-12-32-22(27-20)28-33(30,31)16-4-5-16)21(29)26-19-6-3-14(8-18(19)23)15-7-13(9-24)10-25-11-15/h3,6-8,10-12,16-17H,2,4-5H2,1H3,(H,26,29)(H,27,28). The van der Waals surface area contributed by atoms with Gasteiger partial charge in [-0.2, -0.15) is 5.26 Å². The molecule has 2 heterocycles. The lowest BCUT2D eigenvalue weighted by Crippen LogP contribution is -2.22. The highest BCUT2D eigenvalue weighted by Gasteiger charge is 2.36. The molecule has 2 aromatic heterocycles. The van der Waals surface area contributed by atoms with Gasteiger partial charge in [-0.25, -0.2) is 17.8 Å². The maximum Gasteiger partial charge on any atom is 0.237 e. The zero-order valence-electron chi connectivity index (χ0n) is 17.6. The van der Waals surface area contributed by atoms with Crippen molar-refractivity contribution >= 4 is 38.1 Å². The lowest BCUT2D eigenvalue weighted by atomic mass is 10.0. The lowest BCUT2D eigenvalue weighted by Gasteiger charge is -2.14. The van der Waals surface area contributed by atoms with E-state index in [0.29, 0.717) is 41.6 Å². The van der Waals surface area contributed by atoms with Gasteiger partial charge in [0, 0.05) is 23.3 Å². The van der Waals surface area contributed by atoms with Crippen LogP contribution in [0.5, 0.6) is 0 Å². The van der Waals surface area contributed by atoms with Crippen LogP contribution in [0.15, 0.2) is 42.0 Å². The van der Waals surface area contributed by atoms with E-state index in [1.54, 1.807) is 24.4 Å². The molecule has 0 spiro atoms. The van der Waals surface area contributed by atoms with E-state index in [0.717, 1.165) is 11.3 Å². The van der Waals surface area contributed by atoms with Gasteiger partial charge >= 0.3 is 0 Å². The summed E-state index contributed by atoms with van der Waals surface area (Å²) in [5.74, 6) is -1.75. The van der Waals surface area contributed by atoms with Crippen molar-refractivity contribution in [2.24, 2.45) is 0 Å². The van der Waals surface area contributed by atoms with Crippen molar-refractivity contribution in [1.29, 1.82) is 5.26 Å². The Hall–Kier alpha value is -3.36. The van der Waals surface area contributed by atoms with Crippen molar-refractivity contribution in [3.63, 3.8) is 0 Å². The van der Waals surface area contributed by atoms with Gasteiger partial charge in [-0.3, -0.25) is 14.5 Å². The molecular formula is C22H20FN5O3S2. The molecule has 0 aliphatic heterocycles. The summed E-state index contributed by atoms with van der Waals surface area (Å²) in [6, 6.07) is 7.94. The third kappa shape index (κ3) is 5.18. The first-order chi connectivity index (χ1) is 15.8. The summed E-state index contributed by atoms with van der Waals surface area (Å²) in [5.41, 5.74) is 1.90. The molecule has 0 saturated heterocycles. The van der Waals surface area contributed by atoms with Crippen LogP contribution in [0.2, 0.25) is 0 Å². The largest absolute Gasteiger partial charge is 0.323 e. The normalized spacial score (nSPS) is 14.3. The van der Waals surface area contributed by atoms with E-state index >= 15 is 0 Å². The molecule has 1 fully saturated rings. The molecule has 1 aliphatic carbocycles. The summed E-state index contributed by atoms with van der Waals surface area (Å²) < 4.78 is 41.4. The lowest BCUT2D eigenvalue weighted by molar-refractivity contribution is -0.117. The van der Waals surface area contributed by atoms with Crippen LogP contribution in [0.25, 0.3) is 11.1 Å². The van der Waals surface area contributed by atoms with Crippen LogP contribution in [0.3, 0.4) is 0 Å². The number of nitrogens with zero attached hydrogens (tertiary/aromatic N) is 3. The van der Waals surface area contributed by atoms with Crippen LogP contribution < -0.4 is 10.0 Å². The second-order valence-electron chi connectivity index (χ2n) is 7.64. The summed E-state index contributed by atoms with van der Waals surface area (Å²) in [6.07, 6.45) is 4.62. The van der Waals surface area contributed by atoms with E-state index in [1.807, 2.05) is 6.07 Å². The van der Waals surface area contributed by atoms with Gasteiger partial charge in [0.1, 0.15) is 11.9 Å². The number of benzene rings is 1. The van der Waals surface area contributed by atoms with Crippen molar-refractivity contribution in [2.75, 3.05) is 10.0 Å². The number of aromatic nitrogens is 2. The minimum Gasteiger partial charge on any atom is -0.323 e. The quantitative estimate of drug-likeness (QED) is 0.491. The first-order valence-corrected chi connectivity index (χ1v) is 12.7. The molecule has 2 N–H and O–H groups in total. The molecule has 1 aliphatic rings. The van der Waals surface area contributed by atoms with Crippen LogP contribution in [-0.4, -0.2) is 29.5 Å². The van der Waals surface area contributed by atoms with Crippen LogP contribution in [-0.2, 0) is 14.8 Å². The number of carbonyl (C=O) groups is 1. The molecule has 1 unspecified atom stereocenters. The van der Waals surface area contributed by atoms with Gasteiger partial charge < -0.3 is 5.32 Å². The van der Waals surface area contributed by atoms with E-state index in [9.17, 15) is 17.6 Å². The first kappa shape index (κ1) is 22.8. The molecule has 1 aromatic carbocycles. The van der Waals surface area contributed by atoms with Crippen molar-refractivity contribution in [3.05, 3.63) is 59.1 Å². The maximum absolute atomic E-state index is 14.7. The predicted octanol–water partition coefficient (Wildman–Crippen LogP) is 4.25. The van der Waals surface area contributed by atoms with E-state index in [4.69, 9.17) is 5.26 Å². The van der Waals surface area contributed by atoms with Crippen LogP contribution >= 0.6 is 11.3 Å². The summed E-state index contributed by atoms with van der Waals surface area (Å²) in [6.45, 7) is 1.80. The van der Waals surface area contributed by atoms with Gasteiger partial charge in [-0.15, -0.1) is 11.3 Å². The van der Waals surface area contributed by atoms with Gasteiger partial charge in [0.05, 0.1) is 28.1 Å². The Bertz CT molecular complexity index is 1350. The Balaban J connectivity index is 1.48. The van der Waals surface area contributed by atoms with Gasteiger partial charge in [-0.05, 0) is 43.0 Å². The molecule has 1 saturated carbocycles. The summed E-state index contributed by atoms with van der Waals surface area (Å²) in [4.78, 5) is 21.1. The van der Waals surface area contributed by atoms with Gasteiger partial charge in [0.2, 0.25) is 15.9 Å². The Morgan fingerprint density at radius 1 is 1.30 bits per heavy atom. The van der Waals surface area contributed by atoms with E-state index in [-0.39, 0.29) is 16.1 Å². The number of amides is 1. The second kappa shape index (κ2) is 9.25. The summed E-state index contributed by atoms with van der Waals surface area (Å²) >= 11 is 1.11. The van der Waals surface area contributed by atoms with E-state index in [1.165, 1.54) is 24.5 Å². The molecule has 1 amide bonds. The van der Waals surface area contributed by atoms with E-state index < -0.39 is 27.7 Å². The fourth-order valence-electron chi connectivity index (χ4n) is 3.28. The SMILES string of the molecule is CCC(C(=O)Nc1ccc(-c2cncc(C#N)c2)cc1F)c1csc(NS(=O)(=O)C2CC2)n1. The molecule has 170 valence electrons. The number of halogens is 1. The minimum absolute atomic E-state index is 0.0106. The molecule has 33 heavy (non-hydrogen) atoms. The third-order valence-corrected chi connectivity index (χ3v) is 7.96. The first-order valence-electron chi connectivity index (χ1n) is 10.2. The number of hydrogen-bond donors (Lipinski definition) is 2. The zero-order chi connectivity index (χ0) is 23.6. The minimum atomic E-state index is -3.44. The number of anilines is 2. The number of hydrogen-bond acceptors (Lipinski definition) is 7. The number of nitriles is 1. The van der Waals surface area contributed by atoms with Crippen molar-refractivity contribution in [3.8, 4) is 17.2 Å². The van der Waals surface area contributed by atoms with Crippen molar-refractivity contribution in [2.45, 2.75) is 37.4 Å². The second-order valence-corrected chi connectivity index (χ2v) is 10.5. The van der Waals surface area contributed by atoms with Gasteiger partial charge in [-0.1, -0.05) is 13.0 Å². The highest BCUT2D eigenvalue weighted by atomic mass is 32.2. The molecule has 11 heteroatoms. The number of nitrogens with one attached hydrogen (secondary N) is 2. The van der Waals surface area contributed by atoms with Crippen molar-refractivity contribution < 1.29 is 17.6 Å². The Morgan fingerprint density at radius 2 is 2.09 bits per heavy atom. The van der Waals surface area contributed by atoms with E-state index in [2.05, 4.69) is 20.0 Å². The molecule has 1 atom stereocenters.